The monoisotopic (exact) mass is 186 g/mol. The van der Waals surface area contributed by atoms with E-state index >= 15 is 0 Å². The molecule has 1 rings (SSSR count). The lowest BCUT2D eigenvalue weighted by molar-refractivity contribution is 0.172. The van der Waals surface area contributed by atoms with E-state index in [1.807, 2.05) is 18.2 Å². The summed E-state index contributed by atoms with van der Waals surface area (Å²) in [6, 6.07) is 10.2. The molecule has 0 aromatic heterocycles. The van der Waals surface area contributed by atoms with Crippen molar-refractivity contribution >= 4 is 6.08 Å². The Kier molecular flexibility index (Phi) is 5.23. The lowest BCUT2D eigenvalue weighted by Gasteiger charge is -1.95. The Balaban J connectivity index is 2.19. The molecule has 1 nitrogen and oxygen atoms in total. The standard InChI is InChI=1S/C13H14O/c1-2-11-14-12-7-6-10-13-8-4-3-5-9-13/h1,3-6,8-10H,7,11-12H2. The van der Waals surface area contributed by atoms with Crippen molar-refractivity contribution in [1.82, 2.24) is 0 Å². The average Bonchev–Trinajstić information content (AvgIpc) is 2.25. The van der Waals surface area contributed by atoms with Crippen LogP contribution in [0.5, 0.6) is 0 Å². The summed E-state index contributed by atoms with van der Waals surface area (Å²) in [6.07, 6.45) is 10.1. The Labute approximate surface area is 85.4 Å². The second kappa shape index (κ2) is 6.94. The Morgan fingerprint density at radius 3 is 2.79 bits per heavy atom. The van der Waals surface area contributed by atoms with Crippen LogP contribution in [0.3, 0.4) is 0 Å². The predicted octanol–water partition coefficient (Wildman–Crippen LogP) is 2.74. The van der Waals surface area contributed by atoms with Gasteiger partial charge in [-0.2, -0.15) is 0 Å². The van der Waals surface area contributed by atoms with Crippen molar-refractivity contribution in [2.75, 3.05) is 13.2 Å². The Morgan fingerprint density at radius 2 is 2.07 bits per heavy atom. The molecule has 1 aromatic rings. The van der Waals surface area contributed by atoms with Gasteiger partial charge in [-0.05, 0) is 12.0 Å². The fourth-order valence-electron chi connectivity index (χ4n) is 1.07. The van der Waals surface area contributed by atoms with Crippen molar-refractivity contribution in [2.24, 2.45) is 0 Å². The number of rotatable bonds is 5. The third-order valence-electron chi connectivity index (χ3n) is 1.72. The van der Waals surface area contributed by atoms with Crippen molar-refractivity contribution in [1.29, 1.82) is 0 Å². The van der Waals surface area contributed by atoms with Gasteiger partial charge in [0.2, 0.25) is 0 Å². The first-order valence-electron chi connectivity index (χ1n) is 4.66. The van der Waals surface area contributed by atoms with Gasteiger partial charge in [-0.15, -0.1) is 6.42 Å². The molecule has 1 aromatic carbocycles. The molecule has 0 atom stereocenters. The van der Waals surface area contributed by atoms with Gasteiger partial charge in [0.25, 0.3) is 0 Å². The summed E-state index contributed by atoms with van der Waals surface area (Å²) in [5, 5.41) is 0. The van der Waals surface area contributed by atoms with Crippen molar-refractivity contribution < 1.29 is 4.74 Å². The third-order valence-corrected chi connectivity index (χ3v) is 1.72. The number of terminal acetylenes is 1. The van der Waals surface area contributed by atoms with Crippen LogP contribution in [0.15, 0.2) is 36.4 Å². The maximum Gasteiger partial charge on any atom is 0.107 e. The van der Waals surface area contributed by atoms with Crippen molar-refractivity contribution in [3.63, 3.8) is 0 Å². The van der Waals surface area contributed by atoms with Crippen LogP contribution in [0.4, 0.5) is 0 Å². The lowest BCUT2D eigenvalue weighted by Crippen LogP contribution is -1.91. The molecule has 0 aliphatic carbocycles. The first kappa shape index (κ1) is 10.6. The van der Waals surface area contributed by atoms with Crippen molar-refractivity contribution in [3.8, 4) is 12.3 Å². The topological polar surface area (TPSA) is 9.23 Å². The van der Waals surface area contributed by atoms with Crippen molar-refractivity contribution in [3.05, 3.63) is 42.0 Å². The zero-order valence-electron chi connectivity index (χ0n) is 8.15. The lowest BCUT2D eigenvalue weighted by atomic mass is 10.2. The number of ether oxygens (including phenoxy) is 1. The molecule has 0 radical (unpaired) electrons. The van der Waals surface area contributed by atoms with E-state index in [9.17, 15) is 0 Å². The highest BCUT2D eigenvalue weighted by Crippen LogP contribution is 2.01. The van der Waals surface area contributed by atoms with E-state index in [1.54, 1.807) is 0 Å². The number of hydrogen-bond acceptors (Lipinski definition) is 1. The first-order valence-corrected chi connectivity index (χ1v) is 4.66. The highest BCUT2D eigenvalue weighted by Gasteiger charge is 1.83. The molecule has 1 heteroatoms. The zero-order valence-corrected chi connectivity index (χ0v) is 8.15. The fraction of sp³-hybridized carbons (Fsp3) is 0.231. The largest absolute Gasteiger partial charge is 0.368 e. The quantitative estimate of drug-likeness (QED) is 0.507. The van der Waals surface area contributed by atoms with Gasteiger partial charge in [0.05, 0.1) is 6.61 Å². The molecule has 72 valence electrons. The summed E-state index contributed by atoms with van der Waals surface area (Å²) >= 11 is 0. The summed E-state index contributed by atoms with van der Waals surface area (Å²) in [6.45, 7) is 1.09. The van der Waals surface area contributed by atoms with Gasteiger partial charge in [0, 0.05) is 0 Å². The van der Waals surface area contributed by atoms with Crippen LogP contribution in [0.2, 0.25) is 0 Å². The van der Waals surface area contributed by atoms with Gasteiger partial charge >= 0.3 is 0 Å². The SMILES string of the molecule is C#CCOCCC=Cc1ccccc1. The highest BCUT2D eigenvalue weighted by atomic mass is 16.5. The molecule has 0 saturated carbocycles. The molecule has 0 amide bonds. The molecule has 14 heavy (non-hydrogen) atoms. The van der Waals surface area contributed by atoms with E-state index in [1.165, 1.54) is 5.56 Å². The maximum absolute atomic E-state index is 5.13. The van der Waals surface area contributed by atoms with E-state index in [0.29, 0.717) is 13.2 Å². The van der Waals surface area contributed by atoms with E-state index in [2.05, 4.69) is 30.2 Å². The van der Waals surface area contributed by atoms with Crippen LogP contribution < -0.4 is 0 Å². The fourth-order valence-corrected chi connectivity index (χ4v) is 1.07. The van der Waals surface area contributed by atoms with Crippen LogP contribution in [0, 0.1) is 12.3 Å². The minimum absolute atomic E-state index is 0.402. The van der Waals surface area contributed by atoms with E-state index in [-0.39, 0.29) is 0 Å². The van der Waals surface area contributed by atoms with E-state index in [4.69, 9.17) is 11.2 Å². The Morgan fingerprint density at radius 1 is 1.29 bits per heavy atom. The summed E-state index contributed by atoms with van der Waals surface area (Å²) in [5.41, 5.74) is 1.21. The van der Waals surface area contributed by atoms with Crippen LogP contribution in [-0.4, -0.2) is 13.2 Å². The Hall–Kier alpha value is -1.52. The number of hydrogen-bond donors (Lipinski definition) is 0. The van der Waals surface area contributed by atoms with Gasteiger partial charge < -0.3 is 4.74 Å². The van der Waals surface area contributed by atoms with Crippen LogP contribution in [0.25, 0.3) is 6.08 Å². The molecular formula is C13H14O. The minimum atomic E-state index is 0.402. The second-order valence-corrected chi connectivity index (χ2v) is 2.86. The van der Waals surface area contributed by atoms with Gasteiger partial charge in [-0.3, -0.25) is 0 Å². The van der Waals surface area contributed by atoms with Crippen LogP contribution >= 0.6 is 0 Å². The molecular weight excluding hydrogens is 172 g/mol. The summed E-state index contributed by atoms with van der Waals surface area (Å²) in [4.78, 5) is 0. The van der Waals surface area contributed by atoms with E-state index < -0.39 is 0 Å². The summed E-state index contributed by atoms with van der Waals surface area (Å²) in [7, 11) is 0. The zero-order chi connectivity index (χ0) is 10.1. The van der Waals surface area contributed by atoms with Gasteiger partial charge in [0.1, 0.15) is 6.61 Å². The van der Waals surface area contributed by atoms with Crippen LogP contribution in [0.1, 0.15) is 12.0 Å². The molecule has 0 fully saturated rings. The normalized spacial score (nSPS) is 10.2. The smallest absolute Gasteiger partial charge is 0.107 e. The van der Waals surface area contributed by atoms with Gasteiger partial charge in [-0.25, -0.2) is 0 Å². The molecule has 0 aliphatic heterocycles. The van der Waals surface area contributed by atoms with Gasteiger partial charge in [-0.1, -0.05) is 48.4 Å². The Bertz CT molecular complexity index is 306. The third kappa shape index (κ3) is 4.49. The molecule has 0 unspecified atom stereocenters. The molecule has 0 saturated heterocycles. The van der Waals surface area contributed by atoms with Crippen molar-refractivity contribution in [2.45, 2.75) is 6.42 Å². The molecule has 0 aliphatic rings. The van der Waals surface area contributed by atoms with Gasteiger partial charge in [0.15, 0.2) is 0 Å². The first-order chi connectivity index (χ1) is 6.93. The minimum Gasteiger partial charge on any atom is -0.368 e. The summed E-state index contributed by atoms with van der Waals surface area (Å²) < 4.78 is 5.13. The van der Waals surface area contributed by atoms with E-state index in [0.717, 1.165) is 6.42 Å². The number of benzene rings is 1. The highest BCUT2D eigenvalue weighted by molar-refractivity contribution is 5.48. The molecule has 0 spiro atoms. The second-order valence-electron chi connectivity index (χ2n) is 2.86. The van der Waals surface area contributed by atoms with Crippen LogP contribution in [-0.2, 0) is 4.74 Å². The maximum atomic E-state index is 5.13. The molecule has 0 heterocycles. The molecule has 0 bridgehead atoms. The predicted molar refractivity (Wildman–Crippen MR) is 59.7 cm³/mol. The average molecular weight is 186 g/mol. The summed E-state index contributed by atoms with van der Waals surface area (Å²) in [5.74, 6) is 2.43. The molecule has 0 N–H and O–H groups in total.